The Kier molecular flexibility index (Phi) is 6.10. The Morgan fingerprint density at radius 1 is 1.29 bits per heavy atom. The molecule has 0 aliphatic carbocycles. The monoisotopic (exact) mass is 257 g/mol. The number of sulfonamides is 1. The van der Waals surface area contributed by atoms with Crippen molar-refractivity contribution in [2.75, 3.05) is 18.8 Å². The van der Waals surface area contributed by atoms with Gasteiger partial charge in [-0.1, -0.05) is 6.07 Å². The molecular formula is C11H19N3O2S. The molecule has 17 heavy (non-hydrogen) atoms. The van der Waals surface area contributed by atoms with Crippen LogP contribution in [0.25, 0.3) is 0 Å². The van der Waals surface area contributed by atoms with E-state index in [2.05, 4.69) is 9.71 Å². The lowest BCUT2D eigenvalue weighted by Gasteiger charge is -2.05. The number of aromatic nitrogens is 1. The minimum atomic E-state index is -3.16. The summed E-state index contributed by atoms with van der Waals surface area (Å²) in [7, 11) is -3.16. The summed E-state index contributed by atoms with van der Waals surface area (Å²) in [6.07, 6.45) is 3.65. The van der Waals surface area contributed by atoms with Gasteiger partial charge in [0.1, 0.15) is 0 Å². The third-order valence-electron chi connectivity index (χ3n) is 2.30. The van der Waals surface area contributed by atoms with Gasteiger partial charge in [-0.2, -0.15) is 0 Å². The second-order valence-electron chi connectivity index (χ2n) is 3.78. The molecule has 5 nitrogen and oxygen atoms in total. The summed E-state index contributed by atoms with van der Waals surface area (Å²) in [4.78, 5) is 4.12. The molecule has 0 aliphatic rings. The zero-order chi connectivity index (χ0) is 12.6. The Balaban J connectivity index is 2.26. The summed E-state index contributed by atoms with van der Waals surface area (Å²) < 4.78 is 25.6. The molecule has 1 heterocycles. The highest BCUT2D eigenvalue weighted by Crippen LogP contribution is 1.96. The second kappa shape index (κ2) is 7.37. The molecular weight excluding hydrogens is 238 g/mol. The summed E-state index contributed by atoms with van der Waals surface area (Å²) in [5.74, 6) is 0.145. The van der Waals surface area contributed by atoms with Crippen molar-refractivity contribution in [3.63, 3.8) is 0 Å². The summed E-state index contributed by atoms with van der Waals surface area (Å²) in [6.45, 7) is 0.922. The van der Waals surface area contributed by atoms with E-state index in [1.54, 1.807) is 6.20 Å². The van der Waals surface area contributed by atoms with Crippen LogP contribution < -0.4 is 10.5 Å². The van der Waals surface area contributed by atoms with Crippen molar-refractivity contribution < 1.29 is 8.42 Å². The summed E-state index contributed by atoms with van der Waals surface area (Å²) in [5.41, 5.74) is 6.20. The molecule has 1 rings (SSSR count). The maximum Gasteiger partial charge on any atom is 0.211 e. The fraction of sp³-hybridized carbons (Fsp3) is 0.545. The first-order valence-electron chi connectivity index (χ1n) is 5.71. The van der Waals surface area contributed by atoms with Crippen LogP contribution >= 0.6 is 0 Å². The minimum absolute atomic E-state index is 0.145. The first kappa shape index (κ1) is 14.1. The van der Waals surface area contributed by atoms with E-state index >= 15 is 0 Å². The van der Waals surface area contributed by atoms with E-state index in [0.717, 1.165) is 12.1 Å². The quantitative estimate of drug-likeness (QED) is 0.655. The molecule has 0 unspecified atom stereocenters. The maximum absolute atomic E-state index is 11.5. The zero-order valence-corrected chi connectivity index (χ0v) is 10.6. The number of nitrogens with one attached hydrogen (secondary N) is 1. The molecule has 0 saturated carbocycles. The highest BCUT2D eigenvalue weighted by molar-refractivity contribution is 7.89. The molecule has 3 N–H and O–H groups in total. The van der Waals surface area contributed by atoms with Gasteiger partial charge >= 0.3 is 0 Å². The third kappa shape index (κ3) is 6.35. The predicted molar refractivity (Wildman–Crippen MR) is 68.0 cm³/mol. The van der Waals surface area contributed by atoms with Crippen LogP contribution in [0.5, 0.6) is 0 Å². The van der Waals surface area contributed by atoms with Gasteiger partial charge in [-0.3, -0.25) is 4.98 Å². The normalized spacial score (nSPS) is 11.6. The van der Waals surface area contributed by atoms with Crippen LogP contribution in [-0.2, 0) is 16.4 Å². The van der Waals surface area contributed by atoms with Crippen LogP contribution in [-0.4, -0.2) is 32.2 Å². The molecule has 0 bridgehead atoms. The Hall–Kier alpha value is -0.980. The average molecular weight is 257 g/mol. The van der Waals surface area contributed by atoms with Gasteiger partial charge in [-0.15, -0.1) is 0 Å². The molecule has 0 amide bonds. The van der Waals surface area contributed by atoms with Crippen LogP contribution in [0.4, 0.5) is 0 Å². The van der Waals surface area contributed by atoms with E-state index in [1.807, 2.05) is 18.2 Å². The van der Waals surface area contributed by atoms with Crippen molar-refractivity contribution in [3.05, 3.63) is 30.1 Å². The van der Waals surface area contributed by atoms with E-state index in [9.17, 15) is 8.42 Å². The lowest BCUT2D eigenvalue weighted by molar-refractivity contribution is 0.577. The molecule has 0 atom stereocenters. The molecule has 0 fully saturated rings. The van der Waals surface area contributed by atoms with Gasteiger partial charge in [0, 0.05) is 24.9 Å². The molecule has 6 heteroatoms. The fourth-order valence-corrected chi connectivity index (χ4v) is 2.53. The van der Waals surface area contributed by atoms with Crippen LogP contribution in [0.15, 0.2) is 24.4 Å². The highest BCUT2D eigenvalue weighted by atomic mass is 32.2. The maximum atomic E-state index is 11.5. The molecule has 0 aromatic carbocycles. The number of pyridine rings is 1. The van der Waals surface area contributed by atoms with Crippen LogP contribution in [0.2, 0.25) is 0 Å². The SMILES string of the molecule is NCCCCS(=O)(=O)NCCc1ccccn1. The van der Waals surface area contributed by atoms with E-state index in [1.165, 1.54) is 0 Å². The fourth-order valence-electron chi connectivity index (χ4n) is 1.39. The lowest BCUT2D eigenvalue weighted by atomic mass is 10.3. The van der Waals surface area contributed by atoms with Crippen LogP contribution in [0.3, 0.4) is 0 Å². The number of nitrogens with zero attached hydrogens (tertiary/aromatic N) is 1. The molecule has 96 valence electrons. The molecule has 1 aromatic heterocycles. The van der Waals surface area contributed by atoms with Gasteiger partial charge < -0.3 is 5.73 Å². The Bertz CT molecular complexity index is 406. The topological polar surface area (TPSA) is 85.1 Å². The van der Waals surface area contributed by atoms with E-state index in [4.69, 9.17) is 5.73 Å². The van der Waals surface area contributed by atoms with Crippen LogP contribution in [0, 0.1) is 0 Å². The number of nitrogens with two attached hydrogens (primary N) is 1. The molecule has 0 radical (unpaired) electrons. The number of rotatable bonds is 8. The van der Waals surface area contributed by atoms with Gasteiger partial charge in [-0.25, -0.2) is 13.1 Å². The molecule has 1 aromatic rings. The van der Waals surface area contributed by atoms with E-state index in [0.29, 0.717) is 25.9 Å². The first-order valence-corrected chi connectivity index (χ1v) is 7.36. The highest BCUT2D eigenvalue weighted by Gasteiger charge is 2.08. The molecule has 0 saturated heterocycles. The van der Waals surface area contributed by atoms with Gasteiger partial charge in [0.05, 0.1) is 5.75 Å². The van der Waals surface area contributed by atoms with Crippen molar-refractivity contribution in [2.24, 2.45) is 5.73 Å². The minimum Gasteiger partial charge on any atom is -0.330 e. The molecule has 0 spiro atoms. The third-order valence-corrected chi connectivity index (χ3v) is 3.77. The number of hydrogen-bond acceptors (Lipinski definition) is 4. The van der Waals surface area contributed by atoms with Crippen molar-refractivity contribution in [2.45, 2.75) is 19.3 Å². The Labute approximate surface area is 102 Å². The zero-order valence-electron chi connectivity index (χ0n) is 9.80. The lowest BCUT2D eigenvalue weighted by Crippen LogP contribution is -2.28. The predicted octanol–water partition coefficient (Wildman–Crippen LogP) is 0.282. The standard InChI is InChI=1S/C11H19N3O2S/c12-7-2-4-10-17(15,16)14-9-6-11-5-1-3-8-13-11/h1,3,5,8,14H,2,4,6-7,9-10,12H2. The second-order valence-corrected chi connectivity index (χ2v) is 5.71. The van der Waals surface area contributed by atoms with Crippen LogP contribution in [0.1, 0.15) is 18.5 Å². The van der Waals surface area contributed by atoms with Crippen molar-refractivity contribution in [3.8, 4) is 0 Å². The summed E-state index contributed by atoms with van der Waals surface area (Å²) in [6, 6.07) is 5.60. The molecule has 0 aliphatic heterocycles. The van der Waals surface area contributed by atoms with Crippen molar-refractivity contribution in [1.82, 2.24) is 9.71 Å². The van der Waals surface area contributed by atoms with E-state index < -0.39 is 10.0 Å². The van der Waals surface area contributed by atoms with Crippen molar-refractivity contribution in [1.29, 1.82) is 0 Å². The first-order chi connectivity index (χ1) is 8.14. The smallest absolute Gasteiger partial charge is 0.211 e. The van der Waals surface area contributed by atoms with E-state index in [-0.39, 0.29) is 5.75 Å². The Morgan fingerprint density at radius 3 is 2.76 bits per heavy atom. The van der Waals surface area contributed by atoms with Gasteiger partial charge in [0.2, 0.25) is 10.0 Å². The largest absolute Gasteiger partial charge is 0.330 e. The van der Waals surface area contributed by atoms with Crippen molar-refractivity contribution >= 4 is 10.0 Å². The van der Waals surface area contributed by atoms with Gasteiger partial charge in [0.25, 0.3) is 0 Å². The van der Waals surface area contributed by atoms with Gasteiger partial charge in [0.15, 0.2) is 0 Å². The Morgan fingerprint density at radius 2 is 2.12 bits per heavy atom. The summed E-state index contributed by atoms with van der Waals surface area (Å²) >= 11 is 0. The number of unbranched alkanes of at least 4 members (excludes halogenated alkanes) is 1. The average Bonchev–Trinajstić information content (AvgIpc) is 2.30. The summed E-state index contributed by atoms with van der Waals surface area (Å²) in [5, 5.41) is 0. The van der Waals surface area contributed by atoms with Gasteiger partial charge in [-0.05, 0) is 31.5 Å². The number of hydrogen-bond donors (Lipinski definition) is 2.